The molecule has 2 aromatic heterocycles. The molecule has 14 nitrogen and oxygen atoms in total. The van der Waals surface area contributed by atoms with Gasteiger partial charge in [-0.1, -0.05) is 24.3 Å². The van der Waals surface area contributed by atoms with Gasteiger partial charge in [-0.05, 0) is 22.6 Å². The number of carbonyl (C=O) groups is 3. The van der Waals surface area contributed by atoms with E-state index in [1.807, 2.05) is 0 Å². The molecule has 1 aromatic carbocycles. The Labute approximate surface area is 254 Å². The third-order valence-electron chi connectivity index (χ3n) is 5.05. The number of pyridine rings is 2. The van der Waals surface area contributed by atoms with Crippen LogP contribution in [0.1, 0.15) is 31.8 Å². The standard InChI is InChI=1S/C22H22N4O6.C3H7NO.2O.U/c1-25-8-6-15(17(27)21(25)31)19(29)23-11-13-4-3-5-14(10-13)12-24-20(30)16-7-9-26(2)22(32)18(16)28;1-4(2)3-5;;;/h3-10H,11-12H2,1-2H3,(H4,23,24,27,28,29,30);3H,1-2H3;;;/q;;2*-2;/p-2. The van der Waals surface area contributed by atoms with Gasteiger partial charge in [0.15, 0.2) is 12.4 Å². The first-order chi connectivity index (χ1) is 17.5. The van der Waals surface area contributed by atoms with Crippen LogP contribution in [0.5, 0.6) is 23.3 Å². The summed E-state index contributed by atoms with van der Waals surface area (Å²) in [5, 5.41) is 52.5. The van der Waals surface area contributed by atoms with E-state index in [0.717, 1.165) is 15.5 Å². The van der Waals surface area contributed by atoms with Gasteiger partial charge >= 0.3 is 0 Å². The molecule has 0 saturated carbocycles. The first-order valence-electron chi connectivity index (χ1n) is 11.0. The molecule has 3 rings (SSSR count). The van der Waals surface area contributed by atoms with Gasteiger partial charge in [0.25, 0.3) is 11.8 Å². The maximum atomic E-state index is 12.3. The fraction of sp³-hybridized carbons (Fsp3) is 0.240. The Morgan fingerprint density at radius 1 is 0.800 bits per heavy atom. The van der Waals surface area contributed by atoms with Gasteiger partial charge in [-0.3, -0.25) is 14.4 Å². The van der Waals surface area contributed by atoms with Crippen molar-refractivity contribution in [2.75, 3.05) is 14.1 Å². The summed E-state index contributed by atoms with van der Waals surface area (Å²) in [7, 11) is 6.22. The number of hydrogen-bond acceptors (Lipinski definition) is 7. The van der Waals surface area contributed by atoms with Crippen molar-refractivity contribution < 1.29 is 86.0 Å². The topological polar surface area (TPSA) is 236 Å². The number of nitrogens with zero attached hydrogens (tertiary/aromatic N) is 3. The Balaban J connectivity index is 0. The Bertz CT molecular complexity index is 1220. The van der Waals surface area contributed by atoms with E-state index >= 15 is 0 Å². The Kier molecular flexibility index (Phi) is 16.9. The molecule has 0 saturated heterocycles. The van der Waals surface area contributed by atoms with Crippen LogP contribution in [0, 0.1) is 31.1 Å². The number of amides is 3. The Hall–Kier alpha value is -3.90. The van der Waals surface area contributed by atoms with Crippen molar-refractivity contribution in [3.8, 4) is 23.3 Å². The van der Waals surface area contributed by atoms with Gasteiger partial charge in [-0.15, -0.1) is 0 Å². The third kappa shape index (κ3) is 10.3. The minimum Gasteiger partial charge on any atom is -2.00 e. The largest absolute Gasteiger partial charge is 2.00 e. The van der Waals surface area contributed by atoms with E-state index in [2.05, 4.69) is 10.6 Å². The average Bonchev–Trinajstić information content (AvgIpc) is 2.88. The summed E-state index contributed by atoms with van der Waals surface area (Å²) in [6, 6.07) is 9.50. The van der Waals surface area contributed by atoms with E-state index in [9.17, 15) is 34.8 Å². The van der Waals surface area contributed by atoms with Gasteiger partial charge in [0.05, 0.1) is 0 Å². The van der Waals surface area contributed by atoms with Crippen LogP contribution in [-0.4, -0.2) is 37.2 Å². The Morgan fingerprint density at radius 3 is 1.48 bits per heavy atom. The van der Waals surface area contributed by atoms with Gasteiger partial charge in [-0.2, -0.15) is 0 Å². The van der Waals surface area contributed by atoms with E-state index < -0.39 is 35.1 Å². The third-order valence-corrected chi connectivity index (χ3v) is 5.05. The van der Waals surface area contributed by atoms with Crippen LogP contribution < -0.4 is 40.2 Å². The predicted molar refractivity (Wildman–Crippen MR) is 123 cm³/mol. The van der Waals surface area contributed by atoms with Crippen molar-refractivity contribution in [1.82, 2.24) is 15.5 Å². The summed E-state index contributed by atoms with van der Waals surface area (Å²) in [4.78, 5) is 35.4. The van der Waals surface area contributed by atoms with Crippen LogP contribution in [0.15, 0.2) is 48.8 Å². The second-order valence-corrected chi connectivity index (χ2v) is 8.20. The summed E-state index contributed by atoms with van der Waals surface area (Å²) >= 11 is 0. The molecule has 0 atom stereocenters. The second kappa shape index (κ2) is 17.6. The van der Waals surface area contributed by atoms with Crippen molar-refractivity contribution in [2.45, 2.75) is 13.1 Å². The zero-order valence-corrected chi connectivity index (χ0v) is 26.3. The fourth-order valence-corrected chi connectivity index (χ4v) is 2.97. The van der Waals surface area contributed by atoms with Gasteiger partial charge in [0.2, 0.25) is 6.41 Å². The number of aryl methyl sites for hydroxylation is 2. The molecular weight excluding hydrogens is 752 g/mol. The molecule has 0 fully saturated rings. The van der Waals surface area contributed by atoms with E-state index in [4.69, 9.17) is 0 Å². The number of carbonyl (C=O) groups excluding carboxylic acids is 3. The monoisotopic (exact) mass is 779 g/mol. The first kappa shape index (κ1) is 38.3. The molecule has 0 bridgehead atoms. The zero-order chi connectivity index (χ0) is 27.7. The summed E-state index contributed by atoms with van der Waals surface area (Å²) in [5.41, 5.74) is 0.914. The SMILES string of the molecule is CN(C)C=O.C[n+]1ccc(C(=O)NCc2cccc(CNC(=O)c3cc[n+](C)c([O-])c3[O-])c2)c([O-])c1[O-].[O-2].[O-2].[U]. The first-order valence-corrected chi connectivity index (χ1v) is 11.0. The molecule has 2 N–H and O–H groups in total. The molecule has 0 aliphatic heterocycles. The van der Waals surface area contributed by atoms with Gasteiger partial charge in [-0.25, -0.2) is 9.13 Å². The quantitative estimate of drug-likeness (QED) is 0.186. The van der Waals surface area contributed by atoms with Crippen LogP contribution in [-0.2, 0) is 42.9 Å². The number of nitrogens with one attached hydrogen (secondary N) is 2. The molecule has 0 aliphatic rings. The molecule has 0 radical (unpaired) electrons. The Morgan fingerprint density at radius 2 is 1.15 bits per heavy atom. The van der Waals surface area contributed by atoms with Crippen molar-refractivity contribution in [3.63, 3.8) is 0 Å². The van der Waals surface area contributed by atoms with Crippen LogP contribution in [0.3, 0.4) is 0 Å². The molecule has 0 spiro atoms. The van der Waals surface area contributed by atoms with Crippen molar-refractivity contribution in [3.05, 3.63) is 71.0 Å². The molecule has 2 heterocycles. The van der Waals surface area contributed by atoms with Crippen molar-refractivity contribution >= 4 is 18.2 Å². The van der Waals surface area contributed by atoms with Crippen LogP contribution in [0.2, 0.25) is 0 Å². The number of benzene rings is 1. The fourth-order valence-electron chi connectivity index (χ4n) is 2.97. The maximum absolute atomic E-state index is 12.3. The van der Waals surface area contributed by atoms with Gasteiger partial charge in [0, 0.05) is 81.6 Å². The normalized spacial score (nSPS) is 9.30. The molecule has 216 valence electrons. The summed E-state index contributed by atoms with van der Waals surface area (Å²) < 4.78 is 2.19. The number of hydrogen-bond donors (Lipinski definition) is 2. The van der Waals surface area contributed by atoms with E-state index in [0.29, 0.717) is 11.1 Å². The summed E-state index contributed by atoms with van der Waals surface area (Å²) in [6.07, 6.45) is 3.44. The zero-order valence-electron chi connectivity index (χ0n) is 22.1. The van der Waals surface area contributed by atoms with Crippen LogP contribution in [0.4, 0.5) is 0 Å². The van der Waals surface area contributed by atoms with E-state index in [-0.39, 0.29) is 66.3 Å². The van der Waals surface area contributed by atoms with Crippen LogP contribution >= 0.6 is 0 Å². The van der Waals surface area contributed by atoms with Crippen molar-refractivity contribution in [1.29, 1.82) is 0 Å². The second-order valence-electron chi connectivity index (χ2n) is 8.20. The van der Waals surface area contributed by atoms with E-state index in [1.54, 1.807) is 38.4 Å². The molecule has 0 aliphatic carbocycles. The smallest absolute Gasteiger partial charge is 0.251 e. The van der Waals surface area contributed by atoms with Gasteiger partial charge < -0.3 is 46.9 Å². The summed E-state index contributed by atoms with van der Waals surface area (Å²) in [5.74, 6) is -4.66. The average molecular weight is 780 g/mol. The molecule has 0 unspecified atom stereocenters. The van der Waals surface area contributed by atoms with Crippen LogP contribution in [0.25, 0.3) is 0 Å². The molecule has 3 aromatic rings. The molecule has 40 heavy (non-hydrogen) atoms. The molecule has 3 amide bonds. The summed E-state index contributed by atoms with van der Waals surface area (Å²) in [6.45, 7) is 0.184. The van der Waals surface area contributed by atoms with Crippen molar-refractivity contribution in [2.24, 2.45) is 14.1 Å². The molecular formula is C25H27N5O9U-6. The minimum atomic E-state index is -0.877. The number of rotatable bonds is 7. The van der Waals surface area contributed by atoms with E-state index in [1.165, 1.54) is 43.5 Å². The maximum Gasteiger partial charge on any atom is 0.251 e. The van der Waals surface area contributed by atoms with Gasteiger partial charge in [0.1, 0.15) is 25.9 Å². The predicted octanol–water partition coefficient (Wildman–Crippen LogP) is -3.04. The molecule has 15 heteroatoms. The number of aromatic nitrogens is 2. The minimum absolute atomic E-state index is 0.